The van der Waals surface area contributed by atoms with E-state index in [9.17, 15) is 18.0 Å². The number of hydrogen-bond donors (Lipinski definition) is 0. The number of rotatable bonds is 4. The molecule has 0 spiro atoms. The van der Waals surface area contributed by atoms with Gasteiger partial charge in [-0.3, -0.25) is 4.98 Å². The van der Waals surface area contributed by atoms with Gasteiger partial charge in [0.15, 0.2) is 0 Å². The molecule has 156 valence electrons. The molecule has 0 amide bonds. The second-order valence-electron chi connectivity index (χ2n) is 6.75. The average molecular weight is 422 g/mol. The molecule has 0 radical (unpaired) electrons. The maximum Gasteiger partial charge on any atom is 0.416 e. The van der Waals surface area contributed by atoms with Gasteiger partial charge in [0.1, 0.15) is 0 Å². The van der Waals surface area contributed by atoms with Crippen LogP contribution in [0.3, 0.4) is 0 Å². The standard InChI is InChI=1S/C24H17F3N2O2/c1-2-31-23(30)18-4-3-5-20(15-18)29-21(16-10-12-28-13-11-16)8-6-17-14-19(24(25,26)27)7-9-22(17)29/h3-7,9-15H,2H2,1H3. The lowest BCUT2D eigenvalue weighted by Crippen LogP contribution is -2.19. The number of nitrogens with zero attached hydrogens (tertiary/aromatic N) is 2. The van der Waals surface area contributed by atoms with E-state index in [2.05, 4.69) is 10.7 Å². The topological polar surface area (TPSA) is 42.4 Å². The van der Waals surface area contributed by atoms with Crippen molar-refractivity contribution in [3.05, 3.63) is 95.0 Å². The van der Waals surface area contributed by atoms with Crippen molar-refractivity contribution < 1.29 is 22.7 Å². The minimum absolute atomic E-state index is 0.237. The van der Waals surface area contributed by atoms with Crippen molar-refractivity contribution in [1.29, 1.82) is 0 Å². The third kappa shape index (κ3) is 4.09. The summed E-state index contributed by atoms with van der Waals surface area (Å²) in [5, 5.41) is 0. The van der Waals surface area contributed by atoms with E-state index in [0.29, 0.717) is 28.2 Å². The van der Waals surface area contributed by atoms with Crippen molar-refractivity contribution in [1.82, 2.24) is 4.98 Å². The summed E-state index contributed by atoms with van der Waals surface area (Å²) in [5.41, 5.74) is 5.61. The van der Waals surface area contributed by atoms with Crippen molar-refractivity contribution in [2.45, 2.75) is 13.1 Å². The molecular formula is C24H17F3N2O2. The molecule has 31 heavy (non-hydrogen) atoms. The molecule has 0 atom stereocenters. The third-order valence-electron chi connectivity index (χ3n) is 4.75. The average Bonchev–Trinajstić information content (AvgIpc) is 2.78. The van der Waals surface area contributed by atoms with Gasteiger partial charge >= 0.3 is 12.1 Å². The fourth-order valence-corrected chi connectivity index (χ4v) is 3.36. The lowest BCUT2D eigenvalue weighted by Gasteiger charge is -2.30. The number of fused-ring (bicyclic) bond motifs is 1. The first-order valence-corrected chi connectivity index (χ1v) is 9.54. The molecule has 1 aliphatic rings. The van der Waals surface area contributed by atoms with Gasteiger partial charge in [-0.05, 0) is 61.5 Å². The van der Waals surface area contributed by atoms with E-state index in [1.807, 2.05) is 0 Å². The predicted octanol–water partition coefficient (Wildman–Crippen LogP) is 6.08. The summed E-state index contributed by atoms with van der Waals surface area (Å²) in [4.78, 5) is 18.0. The normalized spacial score (nSPS) is 12.9. The molecule has 4 nitrogen and oxygen atoms in total. The largest absolute Gasteiger partial charge is 0.462 e. The summed E-state index contributed by atoms with van der Waals surface area (Å²) < 4.78 is 44.8. The Morgan fingerprint density at radius 1 is 1.10 bits per heavy atom. The van der Waals surface area contributed by atoms with Crippen LogP contribution in [0.5, 0.6) is 0 Å². The zero-order chi connectivity index (χ0) is 22.0. The summed E-state index contributed by atoms with van der Waals surface area (Å²) in [5.74, 6) is -0.473. The predicted molar refractivity (Wildman–Crippen MR) is 112 cm³/mol. The van der Waals surface area contributed by atoms with E-state index in [1.54, 1.807) is 60.6 Å². The number of pyridine rings is 1. The maximum absolute atomic E-state index is 13.2. The Bertz CT molecular complexity index is 1200. The summed E-state index contributed by atoms with van der Waals surface area (Å²) in [6.07, 6.45) is 0.331. The second-order valence-corrected chi connectivity index (χ2v) is 6.75. The number of carbonyl (C=O) groups excluding carboxylic acids is 1. The third-order valence-corrected chi connectivity index (χ3v) is 4.75. The van der Waals surface area contributed by atoms with E-state index in [-0.39, 0.29) is 6.61 Å². The Morgan fingerprint density at radius 3 is 2.58 bits per heavy atom. The van der Waals surface area contributed by atoms with Crippen LogP contribution >= 0.6 is 0 Å². The number of esters is 1. The Hall–Kier alpha value is -3.83. The van der Waals surface area contributed by atoms with E-state index in [1.165, 1.54) is 12.1 Å². The monoisotopic (exact) mass is 422 g/mol. The van der Waals surface area contributed by atoms with Crippen LogP contribution in [0.15, 0.2) is 72.7 Å². The van der Waals surface area contributed by atoms with Gasteiger partial charge in [-0.2, -0.15) is 13.2 Å². The molecule has 0 saturated heterocycles. The maximum atomic E-state index is 13.2. The summed E-state index contributed by atoms with van der Waals surface area (Å²) in [7, 11) is 0. The number of benzene rings is 2. The molecule has 1 aromatic heterocycles. The van der Waals surface area contributed by atoms with Crippen LogP contribution in [0.2, 0.25) is 0 Å². The number of alkyl halides is 3. The van der Waals surface area contributed by atoms with Crippen molar-refractivity contribution in [3.63, 3.8) is 0 Å². The van der Waals surface area contributed by atoms with Crippen LogP contribution in [0.25, 0.3) is 11.8 Å². The van der Waals surface area contributed by atoms with Gasteiger partial charge in [0, 0.05) is 29.2 Å². The summed E-state index contributed by atoms with van der Waals surface area (Å²) >= 11 is 0. The highest BCUT2D eigenvalue weighted by atomic mass is 19.4. The first-order chi connectivity index (χ1) is 14.9. The minimum atomic E-state index is -4.45. The number of hydrogen-bond acceptors (Lipinski definition) is 4. The zero-order valence-corrected chi connectivity index (χ0v) is 16.5. The van der Waals surface area contributed by atoms with E-state index >= 15 is 0 Å². The lowest BCUT2D eigenvalue weighted by atomic mass is 10.0. The van der Waals surface area contributed by atoms with Gasteiger partial charge in [0.25, 0.3) is 0 Å². The molecule has 1 aliphatic heterocycles. The molecule has 0 aliphatic carbocycles. The molecule has 7 heteroatoms. The molecule has 3 aromatic rings. The number of anilines is 2. The fourth-order valence-electron chi connectivity index (χ4n) is 3.36. The molecule has 0 bridgehead atoms. The smallest absolute Gasteiger partial charge is 0.416 e. The van der Waals surface area contributed by atoms with Crippen molar-refractivity contribution >= 4 is 29.1 Å². The minimum Gasteiger partial charge on any atom is -0.462 e. The van der Waals surface area contributed by atoms with Gasteiger partial charge < -0.3 is 9.64 Å². The van der Waals surface area contributed by atoms with Gasteiger partial charge in [-0.15, -0.1) is 0 Å². The number of halogens is 3. The van der Waals surface area contributed by atoms with Crippen molar-refractivity contribution in [2.24, 2.45) is 0 Å². The number of aromatic nitrogens is 1. The quantitative estimate of drug-likeness (QED) is 0.377. The molecule has 0 saturated carbocycles. The molecule has 0 fully saturated rings. The lowest BCUT2D eigenvalue weighted by molar-refractivity contribution is -0.137. The first kappa shape index (κ1) is 20.4. The Balaban J connectivity index is 1.89. The zero-order valence-electron chi connectivity index (χ0n) is 16.5. The van der Waals surface area contributed by atoms with Gasteiger partial charge in [-0.1, -0.05) is 11.8 Å². The number of ether oxygens (including phenoxy) is 1. The van der Waals surface area contributed by atoms with E-state index < -0.39 is 17.7 Å². The van der Waals surface area contributed by atoms with Crippen LogP contribution < -0.4 is 4.90 Å². The van der Waals surface area contributed by atoms with Crippen LogP contribution in [0, 0.1) is 0 Å². The number of carbonyl (C=O) groups is 1. The van der Waals surface area contributed by atoms with Crippen molar-refractivity contribution in [3.8, 4) is 0 Å². The fraction of sp³-hybridized carbons (Fsp3) is 0.125. The highest BCUT2D eigenvalue weighted by molar-refractivity contribution is 5.97. The highest BCUT2D eigenvalue weighted by Crippen LogP contribution is 2.41. The van der Waals surface area contributed by atoms with Crippen LogP contribution in [-0.2, 0) is 10.9 Å². The highest BCUT2D eigenvalue weighted by Gasteiger charge is 2.32. The van der Waals surface area contributed by atoms with Crippen LogP contribution in [-0.4, -0.2) is 17.6 Å². The first-order valence-electron chi connectivity index (χ1n) is 9.54. The van der Waals surface area contributed by atoms with E-state index in [4.69, 9.17) is 4.74 Å². The van der Waals surface area contributed by atoms with Crippen LogP contribution in [0.4, 0.5) is 24.5 Å². The molecule has 2 heterocycles. The Kier molecular flexibility index (Phi) is 5.36. The van der Waals surface area contributed by atoms with Crippen LogP contribution in [0.1, 0.15) is 34.0 Å². The molecular weight excluding hydrogens is 405 g/mol. The molecule has 2 aromatic carbocycles. The molecule has 4 rings (SSSR count). The second kappa shape index (κ2) is 8.13. The summed E-state index contributed by atoms with van der Waals surface area (Å²) in [6.45, 7) is 1.96. The summed E-state index contributed by atoms with van der Waals surface area (Å²) in [6, 6.07) is 13.9. The van der Waals surface area contributed by atoms with Gasteiger partial charge in [0.2, 0.25) is 0 Å². The SMILES string of the molecule is CCOC(=O)c1cccc(N2C(c3ccncc3)=C=Cc3cc(C(F)(F)F)ccc32)c1. The van der Waals surface area contributed by atoms with E-state index in [0.717, 1.165) is 17.7 Å². The Morgan fingerprint density at radius 2 is 1.87 bits per heavy atom. The van der Waals surface area contributed by atoms with Gasteiger partial charge in [0.05, 0.1) is 29.1 Å². The van der Waals surface area contributed by atoms with Crippen molar-refractivity contribution in [2.75, 3.05) is 11.5 Å². The Labute approximate surface area is 176 Å². The molecule has 0 unspecified atom stereocenters. The van der Waals surface area contributed by atoms with Gasteiger partial charge in [-0.25, -0.2) is 4.79 Å². The molecule has 0 N–H and O–H groups in total.